The van der Waals surface area contributed by atoms with Gasteiger partial charge in [0, 0.05) is 32.2 Å². The third kappa shape index (κ3) is 6.57. The van der Waals surface area contributed by atoms with Crippen LogP contribution in [0.1, 0.15) is 42.7 Å². The molecule has 4 rings (SSSR count). The Hall–Kier alpha value is -3.08. The lowest BCUT2D eigenvalue weighted by molar-refractivity contribution is 0.0285. The second-order valence-electron chi connectivity index (χ2n) is 9.84. The first-order valence-electron chi connectivity index (χ1n) is 12.1. The summed E-state index contributed by atoms with van der Waals surface area (Å²) in [5.41, 5.74) is 2.55. The van der Waals surface area contributed by atoms with E-state index in [1.165, 1.54) is 5.56 Å². The van der Waals surface area contributed by atoms with Crippen LogP contribution in [0.3, 0.4) is 0 Å². The number of halogens is 1. The molecule has 0 radical (unpaired) electrons. The minimum atomic E-state index is -0.928. The molecular formula is C29H32ClN3O3. The monoisotopic (exact) mass is 505 g/mol. The van der Waals surface area contributed by atoms with Crippen molar-refractivity contribution in [3.05, 3.63) is 94.5 Å². The number of hydrogen-bond donors (Lipinski definition) is 2. The van der Waals surface area contributed by atoms with Gasteiger partial charge in [-0.25, -0.2) is 0 Å². The van der Waals surface area contributed by atoms with Crippen LogP contribution in [0.25, 0.3) is 0 Å². The van der Waals surface area contributed by atoms with E-state index < -0.39 is 11.7 Å². The van der Waals surface area contributed by atoms with E-state index in [-0.39, 0.29) is 12.6 Å². The van der Waals surface area contributed by atoms with E-state index in [1.807, 2.05) is 42.5 Å². The van der Waals surface area contributed by atoms with Crippen molar-refractivity contribution >= 4 is 17.3 Å². The third-order valence-corrected chi connectivity index (χ3v) is 6.63. The molecule has 0 aromatic heterocycles. The molecule has 188 valence electrons. The second kappa shape index (κ2) is 11.3. The number of rotatable bonds is 8. The normalized spacial score (nSPS) is 17.4. The summed E-state index contributed by atoms with van der Waals surface area (Å²) in [7, 11) is 0. The van der Waals surface area contributed by atoms with E-state index in [1.54, 1.807) is 32.0 Å². The zero-order valence-electron chi connectivity index (χ0n) is 20.6. The van der Waals surface area contributed by atoms with E-state index in [0.717, 1.165) is 30.9 Å². The minimum absolute atomic E-state index is 0.0498. The van der Waals surface area contributed by atoms with E-state index in [2.05, 4.69) is 28.0 Å². The Balaban J connectivity index is 1.52. The highest BCUT2D eigenvalue weighted by atomic mass is 35.5. The Morgan fingerprint density at radius 1 is 1.08 bits per heavy atom. The van der Waals surface area contributed by atoms with Gasteiger partial charge >= 0.3 is 0 Å². The zero-order chi connectivity index (χ0) is 25.7. The molecule has 7 heteroatoms. The fraction of sp³-hybridized carbons (Fsp3) is 0.345. The molecule has 1 saturated heterocycles. The van der Waals surface area contributed by atoms with Gasteiger partial charge in [0.1, 0.15) is 12.4 Å². The molecule has 2 atom stereocenters. The molecule has 3 aromatic carbocycles. The lowest BCUT2D eigenvalue weighted by Gasteiger charge is -2.44. The highest BCUT2D eigenvalue weighted by Gasteiger charge is 2.31. The number of nitriles is 1. The molecule has 1 heterocycles. The molecule has 0 bridgehead atoms. The first kappa shape index (κ1) is 26.0. The van der Waals surface area contributed by atoms with Gasteiger partial charge in [-0.1, -0.05) is 54.1 Å². The molecule has 1 unspecified atom stereocenters. The molecule has 0 spiro atoms. The summed E-state index contributed by atoms with van der Waals surface area (Å²) < 4.78 is 5.72. The predicted molar refractivity (Wildman–Crippen MR) is 142 cm³/mol. The number of β-amino-alcohol motifs (C(OH)–C–C–N with tert-alkyl or cyclic N) is 1. The summed E-state index contributed by atoms with van der Waals surface area (Å²) in [4.78, 5) is 4.58. The highest BCUT2D eigenvalue weighted by Crippen LogP contribution is 2.37. The number of piperazine rings is 1. The molecule has 6 nitrogen and oxygen atoms in total. The van der Waals surface area contributed by atoms with E-state index in [4.69, 9.17) is 21.6 Å². The van der Waals surface area contributed by atoms with Gasteiger partial charge in [-0.3, -0.25) is 4.90 Å². The van der Waals surface area contributed by atoms with Crippen molar-refractivity contribution in [2.24, 2.45) is 0 Å². The summed E-state index contributed by atoms with van der Waals surface area (Å²) in [6.45, 7) is 6.31. The number of anilines is 1. The van der Waals surface area contributed by atoms with Gasteiger partial charge in [-0.2, -0.15) is 5.26 Å². The Kier molecular flexibility index (Phi) is 8.17. The van der Waals surface area contributed by atoms with Gasteiger partial charge in [0.25, 0.3) is 0 Å². The second-order valence-corrected chi connectivity index (χ2v) is 10.3. The molecule has 0 saturated carbocycles. The van der Waals surface area contributed by atoms with Crippen molar-refractivity contribution in [2.45, 2.75) is 31.6 Å². The fourth-order valence-corrected chi connectivity index (χ4v) is 4.73. The van der Waals surface area contributed by atoms with Gasteiger partial charge in [-0.05, 0) is 49.2 Å². The fourth-order valence-electron chi connectivity index (χ4n) is 4.45. The number of benzene rings is 3. The summed E-state index contributed by atoms with van der Waals surface area (Å²) in [5, 5.41) is 30.4. The zero-order valence-corrected chi connectivity index (χ0v) is 21.4. The molecule has 3 aromatic rings. The van der Waals surface area contributed by atoms with Crippen LogP contribution in [0.15, 0.2) is 72.8 Å². The van der Waals surface area contributed by atoms with E-state index >= 15 is 0 Å². The van der Waals surface area contributed by atoms with Crippen LogP contribution in [-0.2, 0) is 0 Å². The standard InChI is InChI=1S/C29H32ClN3O3/c1-29(2,35)20-36-24-12-13-26(25(30)16-24)33-15-14-32(18-27(33)22-6-4-3-5-7-22)19-28(34)23-10-8-21(17-31)9-11-23/h3-13,16,27-28,34-35H,14-15,18-20H2,1-2H3/t27-,28?/m0/s1. The summed E-state index contributed by atoms with van der Waals surface area (Å²) in [6.07, 6.45) is -0.642. The highest BCUT2D eigenvalue weighted by molar-refractivity contribution is 6.33. The molecule has 0 amide bonds. The van der Waals surface area contributed by atoms with Crippen molar-refractivity contribution in [2.75, 3.05) is 37.7 Å². The maximum absolute atomic E-state index is 10.9. The quantitative estimate of drug-likeness (QED) is 0.450. The third-order valence-electron chi connectivity index (χ3n) is 6.33. The van der Waals surface area contributed by atoms with Crippen LogP contribution >= 0.6 is 11.6 Å². The van der Waals surface area contributed by atoms with Gasteiger partial charge in [0.05, 0.1) is 40.1 Å². The van der Waals surface area contributed by atoms with Crippen molar-refractivity contribution in [3.8, 4) is 11.8 Å². The maximum Gasteiger partial charge on any atom is 0.121 e. The van der Waals surface area contributed by atoms with Crippen LogP contribution in [0.5, 0.6) is 5.75 Å². The van der Waals surface area contributed by atoms with Gasteiger partial charge in [0.2, 0.25) is 0 Å². The topological polar surface area (TPSA) is 80.0 Å². The van der Waals surface area contributed by atoms with Gasteiger partial charge in [0.15, 0.2) is 0 Å². The number of nitrogens with zero attached hydrogens (tertiary/aromatic N) is 3. The SMILES string of the molecule is CC(C)(O)COc1ccc(N2CCN(CC(O)c3ccc(C#N)cc3)C[C@H]2c2ccccc2)c(Cl)c1. The minimum Gasteiger partial charge on any atom is -0.491 e. The molecular weight excluding hydrogens is 474 g/mol. The molecule has 1 aliphatic heterocycles. The molecule has 2 N–H and O–H groups in total. The Morgan fingerprint density at radius 3 is 2.44 bits per heavy atom. The summed E-state index contributed by atoms with van der Waals surface area (Å²) in [6, 6.07) is 25.2. The summed E-state index contributed by atoms with van der Waals surface area (Å²) >= 11 is 6.73. The Labute approximate surface area is 217 Å². The number of hydrogen-bond acceptors (Lipinski definition) is 6. The smallest absolute Gasteiger partial charge is 0.121 e. The molecule has 1 fully saturated rings. The van der Waals surface area contributed by atoms with Crippen molar-refractivity contribution in [1.29, 1.82) is 5.26 Å². The van der Waals surface area contributed by atoms with E-state index in [9.17, 15) is 10.2 Å². The largest absolute Gasteiger partial charge is 0.491 e. The van der Waals surface area contributed by atoms with Crippen LogP contribution in [0, 0.1) is 11.3 Å². The van der Waals surface area contributed by atoms with E-state index in [0.29, 0.717) is 22.9 Å². The van der Waals surface area contributed by atoms with Crippen molar-refractivity contribution < 1.29 is 14.9 Å². The van der Waals surface area contributed by atoms with Crippen LogP contribution < -0.4 is 9.64 Å². The van der Waals surface area contributed by atoms with Crippen LogP contribution in [0.4, 0.5) is 5.69 Å². The van der Waals surface area contributed by atoms with Gasteiger partial charge in [-0.15, -0.1) is 0 Å². The van der Waals surface area contributed by atoms with Crippen molar-refractivity contribution in [1.82, 2.24) is 4.90 Å². The first-order valence-corrected chi connectivity index (χ1v) is 12.5. The molecule has 1 aliphatic rings. The number of aliphatic hydroxyl groups is 2. The van der Waals surface area contributed by atoms with Crippen LogP contribution in [0.2, 0.25) is 5.02 Å². The Morgan fingerprint density at radius 2 is 1.81 bits per heavy atom. The first-order chi connectivity index (χ1) is 17.2. The predicted octanol–water partition coefficient (Wildman–Crippen LogP) is 4.96. The lowest BCUT2D eigenvalue weighted by Crippen LogP contribution is -2.49. The van der Waals surface area contributed by atoms with Crippen molar-refractivity contribution in [3.63, 3.8) is 0 Å². The Bertz CT molecular complexity index is 1190. The molecule has 36 heavy (non-hydrogen) atoms. The summed E-state index contributed by atoms with van der Waals surface area (Å²) in [5.74, 6) is 0.617. The number of aliphatic hydroxyl groups excluding tert-OH is 1. The average Bonchev–Trinajstić information content (AvgIpc) is 2.88. The number of ether oxygens (including phenoxy) is 1. The van der Waals surface area contributed by atoms with Crippen LogP contribution in [-0.4, -0.2) is 53.5 Å². The van der Waals surface area contributed by atoms with Gasteiger partial charge < -0.3 is 19.8 Å². The maximum atomic E-state index is 10.9. The lowest BCUT2D eigenvalue weighted by atomic mass is 10.00. The molecule has 0 aliphatic carbocycles. The average molecular weight is 506 g/mol.